The predicted octanol–water partition coefficient (Wildman–Crippen LogP) is 3.33. The summed E-state index contributed by atoms with van der Waals surface area (Å²) in [5.74, 6) is -0.887. The van der Waals surface area contributed by atoms with Gasteiger partial charge in [-0.1, -0.05) is 12.6 Å². The van der Waals surface area contributed by atoms with Gasteiger partial charge in [-0.3, -0.25) is 4.79 Å². The van der Waals surface area contributed by atoms with Crippen molar-refractivity contribution in [1.29, 1.82) is 0 Å². The number of benzene rings is 1. The summed E-state index contributed by atoms with van der Waals surface area (Å²) in [6.45, 7) is 6.38. The molecule has 0 aliphatic carbocycles. The Morgan fingerprint density at radius 2 is 2.00 bits per heavy atom. The summed E-state index contributed by atoms with van der Waals surface area (Å²) in [6.07, 6.45) is 3.58. The van der Waals surface area contributed by atoms with E-state index in [-0.39, 0.29) is 29.2 Å². The Hall–Kier alpha value is -3.62. The van der Waals surface area contributed by atoms with Gasteiger partial charge in [0.05, 0.1) is 23.3 Å². The molecule has 0 radical (unpaired) electrons. The van der Waals surface area contributed by atoms with Gasteiger partial charge in [0.2, 0.25) is 5.91 Å². The van der Waals surface area contributed by atoms with Crippen LogP contribution >= 0.6 is 0 Å². The maximum Gasteiger partial charge on any atom is 0.246 e. The summed E-state index contributed by atoms with van der Waals surface area (Å²) in [6, 6.07) is 6.97. The molecule has 7 nitrogen and oxygen atoms in total. The average Bonchev–Trinajstić information content (AvgIpc) is 3.40. The molecule has 2 aromatic heterocycles. The van der Waals surface area contributed by atoms with E-state index in [2.05, 4.69) is 26.8 Å². The van der Waals surface area contributed by atoms with Gasteiger partial charge in [-0.15, -0.1) is 0 Å². The Morgan fingerprint density at radius 3 is 2.74 bits per heavy atom. The first kappa shape index (κ1) is 19.3. The summed E-state index contributed by atoms with van der Waals surface area (Å²) in [4.78, 5) is 29.2. The van der Waals surface area contributed by atoms with Crippen LogP contribution in [0.5, 0.6) is 0 Å². The lowest BCUT2D eigenvalue weighted by molar-refractivity contribution is -0.127. The number of fused-ring (bicyclic) bond motifs is 3. The first-order valence-corrected chi connectivity index (χ1v) is 9.99. The number of rotatable bonds is 4. The molecule has 2 fully saturated rings. The Morgan fingerprint density at radius 1 is 1.16 bits per heavy atom. The second-order valence-corrected chi connectivity index (χ2v) is 7.83. The Bertz CT molecular complexity index is 1220. The lowest BCUT2D eigenvalue weighted by atomic mass is 10.2. The van der Waals surface area contributed by atoms with Gasteiger partial charge in [0.15, 0.2) is 17.5 Å². The van der Waals surface area contributed by atoms with Crippen molar-refractivity contribution in [3.05, 3.63) is 60.4 Å². The van der Waals surface area contributed by atoms with E-state index in [9.17, 15) is 13.6 Å². The molecule has 31 heavy (non-hydrogen) atoms. The van der Waals surface area contributed by atoms with Gasteiger partial charge >= 0.3 is 0 Å². The average molecular weight is 422 g/mol. The van der Waals surface area contributed by atoms with Crippen molar-refractivity contribution in [1.82, 2.24) is 19.9 Å². The number of pyridine rings is 1. The Balaban J connectivity index is 1.47. The smallest absolute Gasteiger partial charge is 0.246 e. The van der Waals surface area contributed by atoms with Crippen LogP contribution < -0.4 is 10.2 Å². The van der Waals surface area contributed by atoms with Gasteiger partial charge in [0.1, 0.15) is 17.7 Å². The number of aryl methyl sites for hydroxylation is 1. The molecule has 1 aromatic carbocycles. The third kappa shape index (κ3) is 3.17. The van der Waals surface area contributed by atoms with Crippen LogP contribution in [-0.4, -0.2) is 50.9 Å². The molecule has 2 bridgehead atoms. The minimum absolute atomic E-state index is 0.0193. The molecule has 0 unspecified atom stereocenters. The zero-order chi connectivity index (χ0) is 21.7. The van der Waals surface area contributed by atoms with E-state index < -0.39 is 11.6 Å². The van der Waals surface area contributed by atoms with Crippen LogP contribution in [0.1, 0.15) is 12.0 Å². The number of amides is 1. The van der Waals surface area contributed by atoms with Crippen LogP contribution in [-0.2, 0) is 4.79 Å². The minimum Gasteiger partial charge on any atom is -0.350 e. The van der Waals surface area contributed by atoms with Crippen molar-refractivity contribution in [3.8, 4) is 0 Å². The minimum atomic E-state index is -0.966. The molecule has 2 aliphatic heterocycles. The highest BCUT2D eigenvalue weighted by atomic mass is 19.2. The number of hydrogen-bond donors (Lipinski definition) is 1. The van der Waals surface area contributed by atoms with E-state index in [0.717, 1.165) is 12.2 Å². The number of nitrogens with zero attached hydrogens (tertiary/aromatic N) is 5. The number of hydrogen-bond acceptors (Lipinski definition) is 6. The molecular weight excluding hydrogens is 402 g/mol. The highest BCUT2D eigenvalue weighted by Crippen LogP contribution is 2.35. The van der Waals surface area contributed by atoms with E-state index >= 15 is 0 Å². The molecule has 5 rings (SSSR count). The second-order valence-electron chi connectivity index (χ2n) is 7.83. The third-order valence-electron chi connectivity index (χ3n) is 5.99. The molecule has 2 aliphatic rings. The Labute approximate surface area is 177 Å². The molecule has 2 saturated heterocycles. The molecule has 2 atom stereocenters. The topological polar surface area (TPSA) is 74.2 Å². The van der Waals surface area contributed by atoms with Crippen LogP contribution in [0, 0.1) is 18.6 Å². The number of carbonyl (C=O) groups excluding carboxylic acids is 1. The van der Waals surface area contributed by atoms with Gasteiger partial charge in [-0.2, -0.15) is 0 Å². The number of anilines is 3. The molecule has 3 aromatic rings. The predicted molar refractivity (Wildman–Crippen MR) is 113 cm³/mol. The van der Waals surface area contributed by atoms with Gasteiger partial charge < -0.3 is 15.1 Å². The molecule has 0 spiro atoms. The summed E-state index contributed by atoms with van der Waals surface area (Å²) >= 11 is 0. The third-order valence-corrected chi connectivity index (χ3v) is 5.99. The van der Waals surface area contributed by atoms with Gasteiger partial charge in [-0.05, 0) is 43.2 Å². The molecule has 1 N–H and O–H groups in total. The molecule has 158 valence electrons. The molecule has 0 saturated carbocycles. The van der Waals surface area contributed by atoms with Gasteiger partial charge in [-0.25, -0.2) is 23.7 Å². The first-order chi connectivity index (χ1) is 15.0. The van der Waals surface area contributed by atoms with Crippen molar-refractivity contribution >= 4 is 34.3 Å². The molecule has 9 heteroatoms. The summed E-state index contributed by atoms with van der Waals surface area (Å²) in [5.41, 5.74) is 1.25. The molecule has 1 amide bonds. The number of aromatic nitrogens is 3. The highest BCUT2D eigenvalue weighted by Gasteiger charge is 2.45. The summed E-state index contributed by atoms with van der Waals surface area (Å²) in [5, 5.41) is 2.85. The van der Waals surface area contributed by atoms with Gasteiger partial charge in [0.25, 0.3) is 0 Å². The number of halogens is 2. The lowest BCUT2D eigenvalue weighted by Gasteiger charge is -2.34. The summed E-state index contributed by atoms with van der Waals surface area (Å²) in [7, 11) is 0. The lowest BCUT2D eigenvalue weighted by Crippen LogP contribution is -2.48. The molecule has 4 heterocycles. The van der Waals surface area contributed by atoms with Crippen molar-refractivity contribution in [3.63, 3.8) is 0 Å². The number of likely N-dealkylation sites (tertiary alicyclic amines) is 1. The number of piperazine rings is 1. The fourth-order valence-electron chi connectivity index (χ4n) is 4.39. The monoisotopic (exact) mass is 422 g/mol. The van der Waals surface area contributed by atoms with Crippen LogP contribution in [0.25, 0.3) is 11.0 Å². The van der Waals surface area contributed by atoms with E-state index in [0.29, 0.717) is 29.9 Å². The van der Waals surface area contributed by atoms with E-state index in [4.69, 9.17) is 4.98 Å². The van der Waals surface area contributed by atoms with E-state index in [1.807, 2.05) is 17.0 Å². The zero-order valence-corrected chi connectivity index (χ0v) is 16.8. The SMILES string of the molecule is C=CC(=O)N1C[C@@H]2C[C@H]1CN2c1ccc2ncnc(Nc3ccc(C)c(F)c3F)c2n1. The standard InChI is InChI=1S/C22H20F2N6O/c1-3-18(31)30-10-13-8-14(30)9-29(13)17-7-6-16-21(28-17)22(26-11-25-16)27-15-5-4-12(2)19(23)20(15)24/h3-7,11,13-14H,1,8-10H2,2H3,(H,25,26,27)/t13-,14-/m0/s1. The molecular formula is C22H20F2N6O. The van der Waals surface area contributed by atoms with Crippen LogP contribution in [0.2, 0.25) is 0 Å². The van der Waals surface area contributed by atoms with Crippen molar-refractivity contribution in [2.75, 3.05) is 23.3 Å². The maximum atomic E-state index is 14.4. The van der Waals surface area contributed by atoms with Crippen molar-refractivity contribution in [2.45, 2.75) is 25.4 Å². The quantitative estimate of drug-likeness (QED) is 0.651. The fourth-order valence-corrected chi connectivity index (χ4v) is 4.39. The van der Waals surface area contributed by atoms with Crippen LogP contribution in [0.4, 0.5) is 26.1 Å². The van der Waals surface area contributed by atoms with Crippen molar-refractivity contribution < 1.29 is 13.6 Å². The van der Waals surface area contributed by atoms with E-state index in [1.165, 1.54) is 31.5 Å². The van der Waals surface area contributed by atoms with Crippen LogP contribution in [0.15, 0.2) is 43.2 Å². The van der Waals surface area contributed by atoms with Crippen molar-refractivity contribution in [2.24, 2.45) is 0 Å². The largest absolute Gasteiger partial charge is 0.350 e. The number of carbonyl (C=O) groups is 1. The van der Waals surface area contributed by atoms with Gasteiger partial charge in [0, 0.05) is 13.1 Å². The Kier molecular flexibility index (Phi) is 4.53. The number of nitrogens with one attached hydrogen (secondary N) is 1. The highest BCUT2D eigenvalue weighted by molar-refractivity contribution is 5.89. The van der Waals surface area contributed by atoms with Crippen LogP contribution in [0.3, 0.4) is 0 Å². The second kappa shape index (κ2) is 7.26. The zero-order valence-electron chi connectivity index (χ0n) is 16.8. The normalized spacial score (nSPS) is 19.8. The van der Waals surface area contributed by atoms with E-state index in [1.54, 1.807) is 0 Å². The maximum absolute atomic E-state index is 14.4. The first-order valence-electron chi connectivity index (χ1n) is 9.99. The summed E-state index contributed by atoms with van der Waals surface area (Å²) < 4.78 is 28.3. The fraction of sp³-hybridized carbons (Fsp3) is 0.273.